The molecule has 0 unspecified atom stereocenters. The zero-order valence-electron chi connectivity index (χ0n) is 13.1. The van der Waals surface area contributed by atoms with Crippen LogP contribution in [-0.4, -0.2) is 25.1 Å². The van der Waals surface area contributed by atoms with Crippen molar-refractivity contribution < 1.29 is 14.3 Å². The number of benzene rings is 1. The van der Waals surface area contributed by atoms with Gasteiger partial charge in [0.15, 0.2) is 0 Å². The van der Waals surface area contributed by atoms with Crippen LogP contribution in [0, 0.1) is 6.92 Å². The van der Waals surface area contributed by atoms with Crippen LogP contribution < -0.4 is 14.8 Å². The van der Waals surface area contributed by atoms with Gasteiger partial charge in [-0.25, -0.2) is 0 Å². The third-order valence-corrected chi connectivity index (χ3v) is 3.25. The third kappa shape index (κ3) is 4.22. The number of rotatable bonds is 6. The second-order valence-corrected chi connectivity index (χ2v) is 4.90. The average molecular weight is 300 g/mol. The van der Waals surface area contributed by atoms with E-state index in [2.05, 4.69) is 10.3 Å². The zero-order chi connectivity index (χ0) is 15.9. The number of nitrogens with one attached hydrogen (secondary N) is 1. The summed E-state index contributed by atoms with van der Waals surface area (Å²) in [5, 5.41) is 2.87. The first-order chi connectivity index (χ1) is 10.6. The molecule has 1 aromatic carbocycles. The first-order valence-corrected chi connectivity index (χ1v) is 7.02. The first-order valence-electron chi connectivity index (χ1n) is 7.02. The molecule has 1 heterocycles. The van der Waals surface area contributed by atoms with E-state index in [1.165, 1.54) is 0 Å². The van der Waals surface area contributed by atoms with Crippen LogP contribution in [0.3, 0.4) is 0 Å². The Hall–Kier alpha value is -2.56. The number of pyridine rings is 1. The van der Waals surface area contributed by atoms with Gasteiger partial charge in [-0.2, -0.15) is 0 Å². The van der Waals surface area contributed by atoms with Crippen LogP contribution in [0.4, 0.5) is 0 Å². The minimum Gasteiger partial charge on any atom is -0.497 e. The van der Waals surface area contributed by atoms with Crippen LogP contribution in [0.2, 0.25) is 0 Å². The molecule has 0 fully saturated rings. The maximum Gasteiger partial charge on any atom is 0.224 e. The Morgan fingerprint density at radius 1 is 1.18 bits per heavy atom. The highest BCUT2D eigenvalue weighted by Crippen LogP contribution is 2.24. The van der Waals surface area contributed by atoms with Crippen molar-refractivity contribution in [2.45, 2.75) is 19.9 Å². The third-order valence-electron chi connectivity index (χ3n) is 3.25. The maximum atomic E-state index is 12.1. The molecule has 0 bridgehead atoms. The second kappa shape index (κ2) is 7.45. The lowest BCUT2D eigenvalue weighted by Gasteiger charge is -2.11. The molecule has 0 atom stereocenters. The van der Waals surface area contributed by atoms with Crippen LogP contribution >= 0.6 is 0 Å². The van der Waals surface area contributed by atoms with Crippen molar-refractivity contribution in [3.63, 3.8) is 0 Å². The quantitative estimate of drug-likeness (QED) is 0.889. The van der Waals surface area contributed by atoms with Gasteiger partial charge in [-0.1, -0.05) is 6.07 Å². The molecular formula is C17H20N2O3. The summed E-state index contributed by atoms with van der Waals surface area (Å²) in [7, 11) is 3.18. The van der Waals surface area contributed by atoms with Gasteiger partial charge >= 0.3 is 0 Å². The van der Waals surface area contributed by atoms with E-state index in [1.807, 2.05) is 31.2 Å². The molecule has 2 rings (SSSR count). The molecule has 0 aliphatic rings. The van der Waals surface area contributed by atoms with Gasteiger partial charge in [0, 0.05) is 11.3 Å². The van der Waals surface area contributed by atoms with E-state index in [4.69, 9.17) is 9.47 Å². The fourth-order valence-corrected chi connectivity index (χ4v) is 2.14. The highest BCUT2D eigenvalue weighted by atomic mass is 16.5. The summed E-state index contributed by atoms with van der Waals surface area (Å²) >= 11 is 0. The standard InChI is InChI=1S/C17H20N2O3/c1-12-5-4-6-14(19-12)11-18-17(20)10-13-9-15(21-2)7-8-16(13)22-3/h4-9H,10-11H2,1-3H3,(H,18,20). The molecule has 5 heteroatoms. The molecule has 5 nitrogen and oxygen atoms in total. The molecule has 116 valence electrons. The van der Waals surface area contributed by atoms with E-state index in [9.17, 15) is 4.79 Å². The smallest absolute Gasteiger partial charge is 0.224 e. The molecule has 0 aliphatic carbocycles. The predicted molar refractivity (Wildman–Crippen MR) is 84.1 cm³/mol. The lowest BCUT2D eigenvalue weighted by atomic mass is 10.1. The fourth-order valence-electron chi connectivity index (χ4n) is 2.14. The number of carbonyl (C=O) groups is 1. The summed E-state index contributed by atoms with van der Waals surface area (Å²) < 4.78 is 10.5. The van der Waals surface area contributed by atoms with Crippen molar-refractivity contribution in [1.29, 1.82) is 0 Å². The largest absolute Gasteiger partial charge is 0.497 e. The van der Waals surface area contributed by atoms with Gasteiger partial charge in [0.25, 0.3) is 0 Å². The van der Waals surface area contributed by atoms with E-state index in [0.717, 1.165) is 17.0 Å². The van der Waals surface area contributed by atoms with Crippen molar-refractivity contribution >= 4 is 5.91 Å². The van der Waals surface area contributed by atoms with E-state index < -0.39 is 0 Å². The molecule has 0 saturated heterocycles. The van der Waals surface area contributed by atoms with Gasteiger partial charge in [-0.3, -0.25) is 9.78 Å². The molecule has 1 aromatic heterocycles. The van der Waals surface area contributed by atoms with Crippen molar-refractivity contribution in [1.82, 2.24) is 10.3 Å². The van der Waals surface area contributed by atoms with E-state index in [-0.39, 0.29) is 12.3 Å². The molecule has 0 spiro atoms. The summed E-state index contributed by atoms with van der Waals surface area (Å²) in [5.41, 5.74) is 2.56. The number of nitrogens with zero attached hydrogens (tertiary/aromatic N) is 1. The highest BCUT2D eigenvalue weighted by molar-refractivity contribution is 5.79. The van der Waals surface area contributed by atoms with Crippen LogP contribution in [-0.2, 0) is 17.8 Å². The van der Waals surface area contributed by atoms with E-state index >= 15 is 0 Å². The molecule has 0 aliphatic heterocycles. The first kappa shape index (κ1) is 15.8. The minimum absolute atomic E-state index is 0.0881. The van der Waals surface area contributed by atoms with E-state index in [0.29, 0.717) is 18.0 Å². The minimum atomic E-state index is -0.0881. The van der Waals surface area contributed by atoms with Gasteiger partial charge in [0.1, 0.15) is 11.5 Å². The monoisotopic (exact) mass is 300 g/mol. The molecule has 0 radical (unpaired) electrons. The highest BCUT2D eigenvalue weighted by Gasteiger charge is 2.10. The van der Waals surface area contributed by atoms with Gasteiger partial charge in [0.2, 0.25) is 5.91 Å². The van der Waals surface area contributed by atoms with Crippen LogP contribution in [0.5, 0.6) is 11.5 Å². The summed E-state index contributed by atoms with van der Waals surface area (Å²) in [6.45, 7) is 2.33. The Kier molecular flexibility index (Phi) is 5.36. The molecule has 1 amide bonds. The molecular weight excluding hydrogens is 280 g/mol. The van der Waals surface area contributed by atoms with Crippen LogP contribution in [0.15, 0.2) is 36.4 Å². The Labute approximate surface area is 130 Å². The number of ether oxygens (including phenoxy) is 2. The van der Waals surface area contributed by atoms with Crippen molar-refractivity contribution in [3.8, 4) is 11.5 Å². The lowest BCUT2D eigenvalue weighted by molar-refractivity contribution is -0.120. The van der Waals surface area contributed by atoms with Gasteiger partial charge in [-0.05, 0) is 37.3 Å². The number of aromatic nitrogens is 1. The zero-order valence-corrected chi connectivity index (χ0v) is 13.1. The Morgan fingerprint density at radius 3 is 2.68 bits per heavy atom. The number of methoxy groups -OCH3 is 2. The summed E-state index contributed by atoms with van der Waals surface area (Å²) in [6, 6.07) is 11.1. The predicted octanol–water partition coefficient (Wildman–Crippen LogP) is 2.27. The fraction of sp³-hybridized carbons (Fsp3) is 0.294. The number of aryl methyl sites for hydroxylation is 1. The average Bonchev–Trinajstić information content (AvgIpc) is 2.53. The van der Waals surface area contributed by atoms with Crippen molar-refractivity contribution in [2.24, 2.45) is 0 Å². The van der Waals surface area contributed by atoms with Crippen molar-refractivity contribution in [2.75, 3.05) is 14.2 Å². The number of carbonyl (C=O) groups excluding carboxylic acids is 1. The Morgan fingerprint density at radius 2 is 2.00 bits per heavy atom. The number of hydrogen-bond donors (Lipinski definition) is 1. The summed E-state index contributed by atoms with van der Waals surface area (Å²) in [5.74, 6) is 1.28. The van der Waals surface area contributed by atoms with Crippen LogP contribution in [0.25, 0.3) is 0 Å². The number of amides is 1. The summed E-state index contributed by atoms with van der Waals surface area (Å²) in [4.78, 5) is 16.5. The normalized spacial score (nSPS) is 10.1. The van der Waals surface area contributed by atoms with Crippen molar-refractivity contribution in [3.05, 3.63) is 53.3 Å². The second-order valence-electron chi connectivity index (χ2n) is 4.90. The Bertz CT molecular complexity index is 656. The SMILES string of the molecule is COc1ccc(OC)c(CC(=O)NCc2cccc(C)n2)c1. The lowest BCUT2D eigenvalue weighted by Crippen LogP contribution is -2.25. The van der Waals surface area contributed by atoms with E-state index in [1.54, 1.807) is 26.4 Å². The Balaban J connectivity index is 1.99. The van der Waals surface area contributed by atoms with Gasteiger partial charge in [0.05, 0.1) is 32.9 Å². The van der Waals surface area contributed by atoms with Gasteiger partial charge < -0.3 is 14.8 Å². The molecule has 2 aromatic rings. The topological polar surface area (TPSA) is 60.5 Å². The van der Waals surface area contributed by atoms with Crippen LogP contribution in [0.1, 0.15) is 17.0 Å². The number of hydrogen-bond acceptors (Lipinski definition) is 4. The summed E-state index contributed by atoms with van der Waals surface area (Å²) in [6.07, 6.45) is 0.228. The maximum absolute atomic E-state index is 12.1. The van der Waals surface area contributed by atoms with Gasteiger partial charge in [-0.15, -0.1) is 0 Å². The molecule has 22 heavy (non-hydrogen) atoms. The molecule has 0 saturated carbocycles. The molecule has 1 N–H and O–H groups in total.